The minimum absolute atomic E-state index is 0.238. The van der Waals surface area contributed by atoms with Crippen LogP contribution < -0.4 is 10.6 Å². The van der Waals surface area contributed by atoms with E-state index in [4.69, 9.17) is 9.84 Å². The van der Waals surface area contributed by atoms with E-state index >= 15 is 0 Å². The third-order valence-corrected chi connectivity index (χ3v) is 4.76. The zero-order valence-corrected chi connectivity index (χ0v) is 12.2. The van der Waals surface area contributed by atoms with Crippen molar-refractivity contribution in [1.29, 1.82) is 0 Å². The van der Waals surface area contributed by atoms with Gasteiger partial charge in [-0.15, -0.1) is 11.3 Å². The average molecular weight is 311 g/mol. The highest BCUT2D eigenvalue weighted by Gasteiger charge is 2.30. The third kappa shape index (κ3) is 3.33. The largest absolute Gasteiger partial charge is 0.479 e. The Morgan fingerprint density at radius 2 is 2.24 bits per heavy atom. The number of nitrogens with zero attached hydrogens (tertiary/aromatic N) is 1. The molecule has 21 heavy (non-hydrogen) atoms. The molecule has 0 spiro atoms. The van der Waals surface area contributed by atoms with E-state index in [1.165, 1.54) is 16.2 Å². The van der Waals surface area contributed by atoms with Crippen LogP contribution >= 0.6 is 11.3 Å². The van der Waals surface area contributed by atoms with Crippen LogP contribution in [0.1, 0.15) is 29.8 Å². The quantitative estimate of drug-likeness (QED) is 0.780. The number of carboxylic acid groups (broad SMARTS) is 1. The predicted octanol–water partition coefficient (Wildman–Crippen LogP) is 1.39. The van der Waals surface area contributed by atoms with E-state index in [0.717, 1.165) is 25.0 Å². The molecule has 2 atom stereocenters. The van der Waals surface area contributed by atoms with Crippen LogP contribution in [-0.4, -0.2) is 40.8 Å². The Labute approximate surface area is 125 Å². The Morgan fingerprint density at radius 3 is 2.95 bits per heavy atom. The average Bonchev–Trinajstić information content (AvgIpc) is 3.10. The fourth-order valence-corrected chi connectivity index (χ4v) is 3.67. The maximum absolute atomic E-state index is 11.8. The van der Waals surface area contributed by atoms with E-state index in [-0.39, 0.29) is 12.1 Å². The van der Waals surface area contributed by atoms with Gasteiger partial charge in [0, 0.05) is 11.4 Å². The normalized spacial score (nSPS) is 23.8. The SMILES string of the molecule is O=C(NCC1CCC(C(=O)O)O1)Nc1nc2c(s1)CCC2. The maximum Gasteiger partial charge on any atom is 0.332 e. The number of carbonyl (C=O) groups is 2. The highest BCUT2D eigenvalue weighted by atomic mass is 32.1. The molecule has 0 bridgehead atoms. The molecular formula is C13H17N3O4S. The van der Waals surface area contributed by atoms with E-state index in [2.05, 4.69) is 15.6 Å². The molecule has 0 aromatic carbocycles. The summed E-state index contributed by atoms with van der Waals surface area (Å²) in [4.78, 5) is 28.2. The van der Waals surface area contributed by atoms with Gasteiger partial charge in [-0.25, -0.2) is 14.6 Å². The Balaban J connectivity index is 1.43. The van der Waals surface area contributed by atoms with Crippen LogP contribution in [0.2, 0.25) is 0 Å². The van der Waals surface area contributed by atoms with Crippen molar-refractivity contribution in [1.82, 2.24) is 10.3 Å². The second kappa shape index (κ2) is 5.98. The number of aryl methyl sites for hydroxylation is 2. The van der Waals surface area contributed by atoms with Gasteiger partial charge in [-0.3, -0.25) is 5.32 Å². The molecule has 1 saturated heterocycles. The number of aliphatic carboxylic acids is 1. The van der Waals surface area contributed by atoms with E-state index in [1.807, 2.05) is 0 Å². The number of anilines is 1. The van der Waals surface area contributed by atoms with E-state index < -0.39 is 12.1 Å². The highest BCUT2D eigenvalue weighted by Crippen LogP contribution is 2.30. The summed E-state index contributed by atoms with van der Waals surface area (Å²) in [5, 5.41) is 14.9. The molecular weight excluding hydrogens is 294 g/mol. The third-order valence-electron chi connectivity index (χ3n) is 3.69. The maximum atomic E-state index is 11.8. The topological polar surface area (TPSA) is 101 Å². The number of aromatic nitrogens is 1. The van der Waals surface area contributed by atoms with Crippen molar-refractivity contribution in [3.05, 3.63) is 10.6 Å². The fourth-order valence-electron chi connectivity index (χ4n) is 2.63. The minimum Gasteiger partial charge on any atom is -0.479 e. The van der Waals surface area contributed by atoms with Gasteiger partial charge < -0.3 is 15.2 Å². The van der Waals surface area contributed by atoms with Gasteiger partial charge in [0.25, 0.3) is 0 Å². The molecule has 2 aliphatic rings. The van der Waals surface area contributed by atoms with Gasteiger partial charge >= 0.3 is 12.0 Å². The van der Waals surface area contributed by atoms with Crippen LogP contribution in [0.25, 0.3) is 0 Å². The zero-order valence-electron chi connectivity index (χ0n) is 11.4. The standard InChI is InChI=1S/C13H17N3O4S/c17-11(18)9-5-4-7(20-9)6-14-12(19)16-13-15-8-2-1-3-10(8)21-13/h7,9H,1-6H2,(H,17,18)(H2,14,15,16,19). The summed E-state index contributed by atoms with van der Waals surface area (Å²) in [6.07, 6.45) is 3.32. The molecule has 3 rings (SSSR count). The molecule has 2 amide bonds. The molecule has 114 valence electrons. The van der Waals surface area contributed by atoms with E-state index in [9.17, 15) is 9.59 Å². The van der Waals surface area contributed by atoms with Crippen molar-refractivity contribution in [2.45, 2.75) is 44.3 Å². The number of hydrogen-bond acceptors (Lipinski definition) is 5. The molecule has 0 radical (unpaired) electrons. The predicted molar refractivity (Wildman–Crippen MR) is 76.7 cm³/mol. The summed E-state index contributed by atoms with van der Waals surface area (Å²) in [5.41, 5.74) is 1.10. The van der Waals surface area contributed by atoms with Gasteiger partial charge in [0.2, 0.25) is 0 Å². The van der Waals surface area contributed by atoms with Crippen LogP contribution in [0.3, 0.4) is 0 Å². The monoisotopic (exact) mass is 311 g/mol. The van der Waals surface area contributed by atoms with Gasteiger partial charge in [0.15, 0.2) is 11.2 Å². The van der Waals surface area contributed by atoms with E-state index in [0.29, 0.717) is 24.5 Å². The number of ether oxygens (including phenoxy) is 1. The lowest BCUT2D eigenvalue weighted by atomic mass is 10.2. The number of carbonyl (C=O) groups excluding carboxylic acids is 1. The summed E-state index contributed by atoms with van der Waals surface area (Å²) in [7, 11) is 0. The first kappa shape index (κ1) is 14.3. The molecule has 1 aromatic heterocycles. The van der Waals surface area contributed by atoms with Crippen molar-refractivity contribution in [3.63, 3.8) is 0 Å². The zero-order chi connectivity index (χ0) is 14.8. The first-order valence-electron chi connectivity index (χ1n) is 7.03. The fraction of sp³-hybridized carbons (Fsp3) is 0.615. The second-order valence-corrected chi connectivity index (χ2v) is 6.32. The molecule has 2 unspecified atom stereocenters. The van der Waals surface area contributed by atoms with Crippen LogP contribution in [0.5, 0.6) is 0 Å². The van der Waals surface area contributed by atoms with Crippen LogP contribution in [0.15, 0.2) is 0 Å². The molecule has 1 aromatic rings. The number of hydrogen-bond donors (Lipinski definition) is 3. The van der Waals surface area contributed by atoms with Crippen molar-refractivity contribution in [3.8, 4) is 0 Å². The van der Waals surface area contributed by atoms with E-state index in [1.54, 1.807) is 0 Å². The van der Waals surface area contributed by atoms with Gasteiger partial charge in [0.1, 0.15) is 0 Å². The summed E-state index contributed by atoms with van der Waals surface area (Å²) >= 11 is 1.52. The molecule has 3 N–H and O–H groups in total. The Bertz CT molecular complexity index is 538. The van der Waals surface area contributed by atoms with Crippen LogP contribution in [0, 0.1) is 0 Å². The highest BCUT2D eigenvalue weighted by molar-refractivity contribution is 7.15. The van der Waals surface area contributed by atoms with Crippen molar-refractivity contribution in [2.24, 2.45) is 0 Å². The molecule has 1 aliphatic carbocycles. The molecule has 7 nitrogen and oxygen atoms in total. The van der Waals surface area contributed by atoms with Crippen LogP contribution in [0.4, 0.5) is 9.93 Å². The molecule has 0 saturated carbocycles. The lowest BCUT2D eigenvalue weighted by Crippen LogP contribution is -2.35. The van der Waals surface area contributed by atoms with Crippen molar-refractivity contribution < 1.29 is 19.4 Å². The first-order valence-corrected chi connectivity index (χ1v) is 7.85. The number of nitrogens with one attached hydrogen (secondary N) is 2. The minimum atomic E-state index is -0.945. The number of fused-ring (bicyclic) bond motifs is 1. The summed E-state index contributed by atoms with van der Waals surface area (Å²) in [6.45, 7) is 0.306. The van der Waals surface area contributed by atoms with Gasteiger partial charge in [-0.2, -0.15) is 0 Å². The molecule has 1 fully saturated rings. The van der Waals surface area contributed by atoms with Crippen molar-refractivity contribution >= 4 is 28.5 Å². The number of urea groups is 1. The van der Waals surface area contributed by atoms with Gasteiger partial charge in [-0.1, -0.05) is 0 Å². The van der Waals surface area contributed by atoms with Gasteiger partial charge in [0.05, 0.1) is 11.8 Å². The number of thiazole rings is 1. The lowest BCUT2D eigenvalue weighted by molar-refractivity contribution is -0.149. The Kier molecular flexibility index (Phi) is 4.07. The molecule has 8 heteroatoms. The number of amides is 2. The number of carboxylic acids is 1. The van der Waals surface area contributed by atoms with Crippen LogP contribution in [-0.2, 0) is 22.4 Å². The Hall–Kier alpha value is -1.67. The molecule has 2 heterocycles. The van der Waals surface area contributed by atoms with Gasteiger partial charge in [-0.05, 0) is 32.1 Å². The summed E-state index contributed by atoms with van der Waals surface area (Å²) in [6, 6.07) is -0.329. The lowest BCUT2D eigenvalue weighted by Gasteiger charge is -2.12. The number of rotatable bonds is 4. The summed E-state index contributed by atoms with van der Waals surface area (Å²) in [5.74, 6) is -0.945. The Morgan fingerprint density at radius 1 is 1.38 bits per heavy atom. The smallest absolute Gasteiger partial charge is 0.332 e. The molecule has 1 aliphatic heterocycles. The van der Waals surface area contributed by atoms with Crippen molar-refractivity contribution in [2.75, 3.05) is 11.9 Å². The summed E-state index contributed by atoms with van der Waals surface area (Å²) < 4.78 is 5.32. The second-order valence-electron chi connectivity index (χ2n) is 5.24. The first-order chi connectivity index (χ1) is 10.1.